The number of H-pyrrole nitrogens is 1. The van der Waals surface area contributed by atoms with Crippen LogP contribution in [0.5, 0.6) is 0 Å². The average molecular weight is 378 g/mol. The number of rotatable bonds is 4. The molecule has 3 nitrogen and oxygen atoms in total. The van der Waals surface area contributed by atoms with Crippen molar-refractivity contribution in [1.82, 2.24) is 4.98 Å². The summed E-state index contributed by atoms with van der Waals surface area (Å²) < 4.78 is 1.05. The Labute approximate surface area is 141 Å². The summed E-state index contributed by atoms with van der Waals surface area (Å²) in [6.45, 7) is 0. The number of carbonyl (C=O) groups is 1. The number of benzene rings is 2. The number of hydrogen-bond acceptors (Lipinski definition) is 1. The molecule has 1 aromatic heterocycles. The van der Waals surface area contributed by atoms with Crippen LogP contribution in [0.2, 0.25) is 5.02 Å². The molecule has 3 aromatic rings. The molecule has 0 radical (unpaired) electrons. The number of aryl methyl sites for hydroxylation is 2. The number of aromatic amines is 1. The first-order valence-electron chi connectivity index (χ1n) is 6.89. The van der Waals surface area contributed by atoms with Gasteiger partial charge in [-0.05, 0) is 48.2 Å². The van der Waals surface area contributed by atoms with E-state index in [-0.39, 0.29) is 0 Å². The van der Waals surface area contributed by atoms with Crippen LogP contribution in [0.15, 0.2) is 47.1 Å². The smallest absolute Gasteiger partial charge is 0.250 e. The van der Waals surface area contributed by atoms with E-state index < -0.39 is 5.91 Å². The molecular formula is C17H14BrClN2O. The van der Waals surface area contributed by atoms with Gasteiger partial charge in [-0.1, -0.05) is 39.7 Å². The molecule has 0 unspecified atom stereocenters. The van der Waals surface area contributed by atoms with Crippen LogP contribution >= 0.6 is 27.5 Å². The zero-order chi connectivity index (χ0) is 15.7. The van der Waals surface area contributed by atoms with Gasteiger partial charge in [-0.15, -0.1) is 0 Å². The highest BCUT2D eigenvalue weighted by molar-refractivity contribution is 9.10. The molecular weight excluding hydrogens is 364 g/mol. The van der Waals surface area contributed by atoms with Gasteiger partial charge in [0.1, 0.15) is 0 Å². The summed E-state index contributed by atoms with van der Waals surface area (Å²) in [6.07, 6.45) is 3.60. The molecule has 1 amide bonds. The van der Waals surface area contributed by atoms with E-state index in [1.54, 1.807) is 6.07 Å². The summed E-state index contributed by atoms with van der Waals surface area (Å²) in [5, 5.41) is 1.65. The highest BCUT2D eigenvalue weighted by Gasteiger charge is 2.11. The first-order chi connectivity index (χ1) is 10.6. The van der Waals surface area contributed by atoms with Gasteiger partial charge in [0, 0.05) is 21.6 Å². The molecule has 3 rings (SSSR count). The number of nitrogens with two attached hydrogens (primary N) is 1. The van der Waals surface area contributed by atoms with E-state index in [0.29, 0.717) is 10.6 Å². The summed E-state index contributed by atoms with van der Waals surface area (Å²) in [6, 6.07) is 11.5. The highest BCUT2D eigenvalue weighted by atomic mass is 79.9. The van der Waals surface area contributed by atoms with Crippen molar-refractivity contribution in [2.45, 2.75) is 12.8 Å². The van der Waals surface area contributed by atoms with Crippen molar-refractivity contribution < 1.29 is 4.79 Å². The molecule has 0 saturated carbocycles. The van der Waals surface area contributed by atoms with E-state index in [4.69, 9.17) is 17.3 Å². The topological polar surface area (TPSA) is 58.9 Å². The van der Waals surface area contributed by atoms with Crippen molar-refractivity contribution in [1.29, 1.82) is 0 Å². The fourth-order valence-corrected chi connectivity index (χ4v) is 3.26. The van der Waals surface area contributed by atoms with Crippen LogP contribution in [-0.2, 0) is 12.8 Å². The maximum Gasteiger partial charge on any atom is 0.250 e. The van der Waals surface area contributed by atoms with Crippen molar-refractivity contribution in [3.05, 3.63) is 68.8 Å². The molecule has 3 N–H and O–H groups in total. The third-order valence-corrected chi connectivity index (χ3v) is 4.68. The van der Waals surface area contributed by atoms with Gasteiger partial charge in [-0.25, -0.2) is 0 Å². The molecule has 0 atom stereocenters. The Balaban J connectivity index is 1.87. The van der Waals surface area contributed by atoms with Crippen LogP contribution in [-0.4, -0.2) is 10.9 Å². The van der Waals surface area contributed by atoms with Crippen LogP contribution in [0.3, 0.4) is 0 Å². The highest BCUT2D eigenvalue weighted by Crippen LogP contribution is 2.26. The largest absolute Gasteiger partial charge is 0.366 e. The number of carbonyl (C=O) groups excluding carboxylic acids is 1. The van der Waals surface area contributed by atoms with Crippen molar-refractivity contribution in [3.8, 4) is 0 Å². The standard InChI is InChI=1S/C17H14BrClN2O/c18-12-6-7-15-14(8-12)11(9-21-15)5-4-10-2-1-3-13(16(10)19)17(20)22/h1-3,6-9,21H,4-5H2,(H2,20,22). The lowest BCUT2D eigenvalue weighted by atomic mass is 10.0. The van der Waals surface area contributed by atoms with E-state index in [2.05, 4.69) is 27.0 Å². The molecule has 1 heterocycles. The SMILES string of the molecule is NC(=O)c1cccc(CCc2c[nH]c3ccc(Br)cc23)c1Cl. The number of amides is 1. The number of nitrogens with one attached hydrogen (secondary N) is 1. The van der Waals surface area contributed by atoms with Gasteiger partial charge in [0.05, 0.1) is 10.6 Å². The predicted molar refractivity (Wildman–Crippen MR) is 93.4 cm³/mol. The second-order valence-electron chi connectivity index (χ2n) is 5.15. The number of primary amides is 1. The van der Waals surface area contributed by atoms with Crippen LogP contribution in [0.1, 0.15) is 21.5 Å². The van der Waals surface area contributed by atoms with Crippen LogP contribution in [0.4, 0.5) is 0 Å². The molecule has 0 fully saturated rings. The minimum absolute atomic E-state index is 0.376. The lowest BCUT2D eigenvalue weighted by Crippen LogP contribution is -2.12. The van der Waals surface area contributed by atoms with Gasteiger partial charge in [-0.3, -0.25) is 4.79 Å². The Morgan fingerprint density at radius 2 is 1.95 bits per heavy atom. The Morgan fingerprint density at radius 3 is 2.73 bits per heavy atom. The minimum Gasteiger partial charge on any atom is -0.366 e. The lowest BCUT2D eigenvalue weighted by molar-refractivity contribution is 0.100. The molecule has 5 heteroatoms. The van der Waals surface area contributed by atoms with E-state index >= 15 is 0 Å². The zero-order valence-electron chi connectivity index (χ0n) is 11.7. The monoisotopic (exact) mass is 376 g/mol. The van der Waals surface area contributed by atoms with Crippen molar-refractivity contribution in [2.75, 3.05) is 0 Å². The molecule has 22 heavy (non-hydrogen) atoms. The first kappa shape index (κ1) is 15.1. The van der Waals surface area contributed by atoms with Crippen molar-refractivity contribution in [3.63, 3.8) is 0 Å². The third-order valence-electron chi connectivity index (χ3n) is 3.74. The van der Waals surface area contributed by atoms with E-state index in [9.17, 15) is 4.79 Å². The second kappa shape index (κ2) is 6.15. The predicted octanol–water partition coefficient (Wildman–Crippen LogP) is 4.47. The molecule has 0 bridgehead atoms. The second-order valence-corrected chi connectivity index (χ2v) is 6.44. The van der Waals surface area contributed by atoms with Crippen LogP contribution in [0, 0.1) is 0 Å². The van der Waals surface area contributed by atoms with E-state index in [1.165, 1.54) is 10.9 Å². The molecule has 112 valence electrons. The summed E-state index contributed by atoms with van der Waals surface area (Å²) >= 11 is 9.77. The quantitative estimate of drug-likeness (QED) is 0.692. The maximum atomic E-state index is 11.3. The minimum atomic E-state index is -0.497. The number of fused-ring (bicyclic) bond motifs is 1. The summed E-state index contributed by atoms with van der Waals surface area (Å²) in [4.78, 5) is 14.6. The maximum absolute atomic E-state index is 11.3. The average Bonchev–Trinajstić information content (AvgIpc) is 2.88. The fourth-order valence-electron chi connectivity index (χ4n) is 2.59. The third kappa shape index (κ3) is 2.89. The van der Waals surface area contributed by atoms with Gasteiger partial charge in [-0.2, -0.15) is 0 Å². The molecule has 0 aliphatic carbocycles. The number of halogens is 2. The zero-order valence-corrected chi connectivity index (χ0v) is 14.0. The molecule has 0 saturated heterocycles. The number of hydrogen-bond donors (Lipinski definition) is 2. The Bertz CT molecular complexity index is 857. The van der Waals surface area contributed by atoms with Gasteiger partial charge in [0.15, 0.2) is 0 Å². The molecule has 0 spiro atoms. The molecule has 2 aromatic carbocycles. The van der Waals surface area contributed by atoms with Gasteiger partial charge in [0.25, 0.3) is 0 Å². The summed E-state index contributed by atoms with van der Waals surface area (Å²) in [7, 11) is 0. The van der Waals surface area contributed by atoms with Gasteiger partial charge >= 0.3 is 0 Å². The molecule has 0 aliphatic rings. The van der Waals surface area contributed by atoms with Crippen LogP contribution < -0.4 is 5.73 Å². The fraction of sp³-hybridized carbons (Fsp3) is 0.118. The normalized spacial score (nSPS) is 11.0. The van der Waals surface area contributed by atoms with Gasteiger partial charge < -0.3 is 10.7 Å². The molecule has 0 aliphatic heterocycles. The first-order valence-corrected chi connectivity index (χ1v) is 8.06. The number of aromatic nitrogens is 1. The van der Waals surface area contributed by atoms with E-state index in [1.807, 2.05) is 30.5 Å². The van der Waals surface area contributed by atoms with Crippen molar-refractivity contribution in [2.24, 2.45) is 5.73 Å². The summed E-state index contributed by atoms with van der Waals surface area (Å²) in [5.41, 5.74) is 8.97. The summed E-state index contributed by atoms with van der Waals surface area (Å²) in [5.74, 6) is -0.497. The van der Waals surface area contributed by atoms with Crippen molar-refractivity contribution >= 4 is 44.3 Å². The van der Waals surface area contributed by atoms with E-state index in [0.717, 1.165) is 28.4 Å². The Morgan fingerprint density at radius 1 is 1.18 bits per heavy atom. The Hall–Kier alpha value is -1.78. The lowest BCUT2D eigenvalue weighted by Gasteiger charge is -2.07. The van der Waals surface area contributed by atoms with Gasteiger partial charge in [0.2, 0.25) is 5.91 Å². The van der Waals surface area contributed by atoms with Crippen LogP contribution in [0.25, 0.3) is 10.9 Å². The Kier molecular flexibility index (Phi) is 4.23.